The molecule has 0 aliphatic rings. The summed E-state index contributed by atoms with van der Waals surface area (Å²) in [6.45, 7) is 3.38. The molecule has 0 bridgehead atoms. The molecule has 0 aliphatic heterocycles. The zero-order valence-electron chi connectivity index (χ0n) is 4.99. The molecular formula is C4H12N2O. The van der Waals surface area contributed by atoms with Gasteiger partial charge in [0.15, 0.2) is 0 Å². The Morgan fingerprint density at radius 3 is 1.71 bits per heavy atom. The van der Waals surface area contributed by atoms with Crippen molar-refractivity contribution in [3.8, 4) is 0 Å². The average molecular weight is 104 g/mol. The summed E-state index contributed by atoms with van der Waals surface area (Å²) < 4.78 is 0. The van der Waals surface area contributed by atoms with Crippen LogP contribution in [0, 0.1) is 5.21 Å². The highest BCUT2D eigenvalue weighted by Gasteiger charge is 2.12. The molecule has 0 aromatic rings. The predicted molar refractivity (Wildman–Crippen MR) is 28.5 cm³/mol. The van der Waals surface area contributed by atoms with Crippen molar-refractivity contribution in [2.24, 2.45) is 5.73 Å². The number of nitrogens with one attached hydrogen (secondary N) is 1. The molecular weight excluding hydrogens is 92.1 g/mol. The summed E-state index contributed by atoms with van der Waals surface area (Å²) in [4.78, 5) is 0. The van der Waals surface area contributed by atoms with Crippen molar-refractivity contribution < 1.29 is 5.06 Å². The number of hydrogen-bond donors (Lipinski definition) is 2. The molecule has 0 fully saturated rings. The number of hydroxylamine groups is 2. The van der Waals surface area contributed by atoms with Crippen molar-refractivity contribution in [2.75, 3.05) is 7.05 Å². The molecule has 1 atom stereocenters. The third-order valence-corrected chi connectivity index (χ3v) is 0.907. The molecule has 0 saturated heterocycles. The Morgan fingerprint density at radius 1 is 1.57 bits per heavy atom. The van der Waals surface area contributed by atoms with Crippen molar-refractivity contribution in [1.29, 1.82) is 0 Å². The van der Waals surface area contributed by atoms with Crippen molar-refractivity contribution >= 4 is 0 Å². The first kappa shape index (κ1) is 6.88. The number of nitrogens with two attached hydrogens (primary N) is 1. The van der Waals surface area contributed by atoms with Gasteiger partial charge in [0.25, 0.3) is 0 Å². The van der Waals surface area contributed by atoms with E-state index in [1.54, 1.807) is 13.8 Å². The molecule has 3 heteroatoms. The quantitative estimate of drug-likeness (QED) is 0.321. The SMILES string of the molecule is C[NH+]([O-])C(C)(C)N. The fourth-order valence-electron chi connectivity index (χ4n) is 0. The van der Waals surface area contributed by atoms with Gasteiger partial charge in [-0.25, -0.2) is 0 Å². The van der Waals surface area contributed by atoms with E-state index in [9.17, 15) is 5.21 Å². The standard InChI is InChI=1S/C4H12N2O/c1-4(2,5)6(3)7/h6H,5H2,1-3H3. The van der Waals surface area contributed by atoms with Gasteiger partial charge >= 0.3 is 0 Å². The molecule has 3 nitrogen and oxygen atoms in total. The summed E-state index contributed by atoms with van der Waals surface area (Å²) in [5.41, 5.74) is 4.69. The van der Waals surface area contributed by atoms with Crippen molar-refractivity contribution in [1.82, 2.24) is 0 Å². The smallest absolute Gasteiger partial charge is 0.142 e. The minimum absolute atomic E-state index is 0.0208. The minimum atomic E-state index is -0.639. The Labute approximate surface area is 43.7 Å². The fourth-order valence-corrected chi connectivity index (χ4v) is 0. The third-order valence-electron chi connectivity index (χ3n) is 0.907. The van der Waals surface area contributed by atoms with Crippen LogP contribution < -0.4 is 10.8 Å². The van der Waals surface area contributed by atoms with E-state index in [0.717, 1.165) is 0 Å². The first-order valence-corrected chi connectivity index (χ1v) is 2.24. The van der Waals surface area contributed by atoms with Crippen LogP contribution in [0.25, 0.3) is 0 Å². The van der Waals surface area contributed by atoms with Crippen LogP contribution in [0.4, 0.5) is 0 Å². The maximum atomic E-state index is 10.3. The molecule has 0 radical (unpaired) electrons. The Balaban J connectivity index is 3.54. The van der Waals surface area contributed by atoms with Crippen LogP contribution in [-0.4, -0.2) is 12.7 Å². The largest absolute Gasteiger partial charge is 0.633 e. The molecule has 44 valence electrons. The van der Waals surface area contributed by atoms with E-state index in [0.29, 0.717) is 0 Å². The summed E-state index contributed by atoms with van der Waals surface area (Å²) >= 11 is 0. The van der Waals surface area contributed by atoms with Gasteiger partial charge in [-0.1, -0.05) is 0 Å². The van der Waals surface area contributed by atoms with Crippen molar-refractivity contribution in [3.05, 3.63) is 5.21 Å². The second-order valence-corrected chi connectivity index (χ2v) is 2.28. The maximum absolute atomic E-state index is 10.3. The van der Waals surface area contributed by atoms with E-state index in [1.807, 2.05) is 0 Å². The Hall–Kier alpha value is -0.120. The van der Waals surface area contributed by atoms with Crippen LogP contribution >= 0.6 is 0 Å². The zero-order chi connectivity index (χ0) is 6.08. The van der Waals surface area contributed by atoms with E-state index in [4.69, 9.17) is 5.73 Å². The number of rotatable bonds is 1. The van der Waals surface area contributed by atoms with Crippen molar-refractivity contribution in [2.45, 2.75) is 19.5 Å². The van der Waals surface area contributed by atoms with Gasteiger partial charge in [-0.3, -0.25) is 5.73 Å². The molecule has 0 aromatic heterocycles. The molecule has 0 rings (SSSR count). The zero-order valence-corrected chi connectivity index (χ0v) is 4.99. The molecule has 0 heterocycles. The van der Waals surface area contributed by atoms with Crippen molar-refractivity contribution in [3.63, 3.8) is 0 Å². The topological polar surface area (TPSA) is 53.5 Å². The predicted octanol–water partition coefficient (Wildman–Crippen LogP) is -1.31. The molecule has 1 unspecified atom stereocenters. The summed E-state index contributed by atoms with van der Waals surface area (Å²) in [7, 11) is 1.49. The highest BCUT2D eigenvalue weighted by molar-refractivity contribution is 4.51. The monoisotopic (exact) mass is 104 g/mol. The highest BCUT2D eigenvalue weighted by Crippen LogP contribution is 1.77. The Morgan fingerprint density at radius 2 is 1.71 bits per heavy atom. The molecule has 0 aliphatic carbocycles. The summed E-state index contributed by atoms with van der Waals surface area (Å²) in [5, 5.41) is 10.4. The second kappa shape index (κ2) is 1.78. The molecule has 7 heavy (non-hydrogen) atoms. The first-order chi connectivity index (χ1) is 2.94. The lowest BCUT2D eigenvalue weighted by atomic mass is 10.3. The van der Waals surface area contributed by atoms with Crippen LogP contribution in [0.1, 0.15) is 13.8 Å². The fraction of sp³-hybridized carbons (Fsp3) is 1.00. The summed E-state index contributed by atoms with van der Waals surface area (Å²) in [6.07, 6.45) is 0. The Kier molecular flexibility index (Phi) is 1.75. The van der Waals surface area contributed by atoms with Gasteiger partial charge in [0.1, 0.15) is 5.66 Å². The second-order valence-electron chi connectivity index (χ2n) is 2.28. The van der Waals surface area contributed by atoms with Gasteiger partial charge in [0, 0.05) is 13.8 Å². The normalized spacial score (nSPS) is 16.7. The Bertz CT molecular complexity index is 55.2. The van der Waals surface area contributed by atoms with E-state index in [2.05, 4.69) is 0 Å². The van der Waals surface area contributed by atoms with Gasteiger partial charge < -0.3 is 10.3 Å². The summed E-state index contributed by atoms with van der Waals surface area (Å²) in [6, 6.07) is 0. The van der Waals surface area contributed by atoms with Crippen LogP contribution in [0.15, 0.2) is 0 Å². The van der Waals surface area contributed by atoms with Gasteiger partial charge in [-0.05, 0) is 0 Å². The van der Waals surface area contributed by atoms with Gasteiger partial charge in [-0.15, -0.1) is 0 Å². The van der Waals surface area contributed by atoms with Gasteiger partial charge in [0.2, 0.25) is 0 Å². The lowest BCUT2D eigenvalue weighted by Crippen LogP contribution is -3.14. The molecule has 0 amide bonds. The van der Waals surface area contributed by atoms with E-state index >= 15 is 0 Å². The minimum Gasteiger partial charge on any atom is -0.633 e. The first-order valence-electron chi connectivity index (χ1n) is 2.24. The number of hydrogen-bond acceptors (Lipinski definition) is 2. The molecule has 3 N–H and O–H groups in total. The van der Waals surface area contributed by atoms with Crippen LogP contribution in [0.2, 0.25) is 0 Å². The van der Waals surface area contributed by atoms with Crippen LogP contribution in [0.3, 0.4) is 0 Å². The maximum Gasteiger partial charge on any atom is 0.142 e. The third kappa shape index (κ3) is 2.56. The van der Waals surface area contributed by atoms with Gasteiger partial charge in [-0.2, -0.15) is 0 Å². The summed E-state index contributed by atoms with van der Waals surface area (Å²) in [5.74, 6) is 0. The van der Waals surface area contributed by atoms with E-state index in [1.165, 1.54) is 7.05 Å². The highest BCUT2D eigenvalue weighted by atomic mass is 16.5. The van der Waals surface area contributed by atoms with E-state index in [-0.39, 0.29) is 5.06 Å². The van der Waals surface area contributed by atoms with Crippen LogP contribution in [-0.2, 0) is 0 Å². The number of quaternary nitrogens is 1. The molecule has 0 aromatic carbocycles. The average Bonchev–Trinajstić information content (AvgIpc) is 1.31. The molecule has 0 saturated carbocycles. The lowest BCUT2D eigenvalue weighted by Gasteiger charge is -2.30. The van der Waals surface area contributed by atoms with Crippen LogP contribution in [0.5, 0.6) is 0 Å². The molecule has 0 spiro atoms. The lowest BCUT2D eigenvalue weighted by molar-refractivity contribution is -0.880. The van der Waals surface area contributed by atoms with E-state index < -0.39 is 5.66 Å². The van der Waals surface area contributed by atoms with Gasteiger partial charge in [0.05, 0.1) is 7.05 Å².